The number of likely N-dealkylation sites (tertiary alicyclic amines) is 1. The van der Waals surface area contributed by atoms with Gasteiger partial charge in [0.1, 0.15) is 5.82 Å². The Bertz CT molecular complexity index is 501. The highest BCUT2D eigenvalue weighted by atomic mass is 127. The lowest BCUT2D eigenvalue weighted by Gasteiger charge is -2.26. The zero-order valence-corrected chi connectivity index (χ0v) is 18.3. The molecule has 0 unspecified atom stereocenters. The van der Waals surface area contributed by atoms with Crippen LogP contribution < -0.4 is 10.6 Å². The van der Waals surface area contributed by atoms with Crippen LogP contribution >= 0.6 is 24.0 Å². The predicted molar refractivity (Wildman–Crippen MR) is 119 cm³/mol. The van der Waals surface area contributed by atoms with E-state index >= 15 is 0 Å². The van der Waals surface area contributed by atoms with Gasteiger partial charge in [-0.3, -0.25) is 4.99 Å². The van der Waals surface area contributed by atoms with Gasteiger partial charge in [-0.15, -0.1) is 24.0 Å². The Labute approximate surface area is 175 Å². The molecule has 1 aromatic rings. The van der Waals surface area contributed by atoms with Crippen molar-refractivity contribution in [2.24, 2.45) is 4.99 Å². The quantitative estimate of drug-likeness (QED) is 0.247. The number of nitrogens with one attached hydrogen (secondary N) is 2. The highest BCUT2D eigenvalue weighted by Crippen LogP contribution is 2.09. The molecule has 0 radical (unpaired) electrons. The number of benzene rings is 1. The molecule has 1 saturated heterocycles. The van der Waals surface area contributed by atoms with Crippen molar-refractivity contribution in [2.45, 2.75) is 44.9 Å². The molecule has 2 N–H and O–H groups in total. The fourth-order valence-electron chi connectivity index (χ4n) is 3.22. The van der Waals surface area contributed by atoms with Crippen LogP contribution in [0.15, 0.2) is 29.3 Å². The average molecular weight is 476 g/mol. The largest absolute Gasteiger partial charge is 0.356 e. The van der Waals surface area contributed by atoms with Gasteiger partial charge in [0.2, 0.25) is 0 Å². The lowest BCUT2D eigenvalue weighted by molar-refractivity contribution is 0.224. The van der Waals surface area contributed by atoms with E-state index in [0.29, 0.717) is 0 Å². The lowest BCUT2D eigenvalue weighted by atomic mass is 10.1. The molecule has 0 atom stereocenters. The first-order chi connectivity index (χ1) is 12.3. The summed E-state index contributed by atoms with van der Waals surface area (Å²) >= 11 is 0. The lowest BCUT2D eigenvalue weighted by Crippen LogP contribution is -2.38. The number of aliphatic imine (C=N–C) groups is 1. The van der Waals surface area contributed by atoms with Gasteiger partial charge in [-0.25, -0.2) is 4.39 Å². The summed E-state index contributed by atoms with van der Waals surface area (Å²) in [6, 6.07) is 6.67. The molecule has 0 bridgehead atoms. The Morgan fingerprint density at radius 2 is 1.69 bits per heavy atom. The van der Waals surface area contributed by atoms with Crippen molar-refractivity contribution in [1.29, 1.82) is 0 Å². The number of nitrogens with zero attached hydrogens (tertiary/aromatic N) is 2. The summed E-state index contributed by atoms with van der Waals surface area (Å²) in [5.41, 5.74) is 1.13. The maximum atomic E-state index is 12.9. The molecule has 26 heavy (non-hydrogen) atoms. The Morgan fingerprint density at radius 1 is 1.00 bits per heavy atom. The van der Waals surface area contributed by atoms with E-state index in [1.807, 2.05) is 12.1 Å². The minimum absolute atomic E-state index is 0. The number of hydrogen-bond donors (Lipinski definition) is 2. The van der Waals surface area contributed by atoms with Crippen molar-refractivity contribution in [3.63, 3.8) is 0 Å². The van der Waals surface area contributed by atoms with Crippen molar-refractivity contribution in [3.8, 4) is 0 Å². The van der Waals surface area contributed by atoms with Gasteiger partial charge in [-0.1, -0.05) is 25.0 Å². The Kier molecular flexibility index (Phi) is 12.6. The Hall–Kier alpha value is -0.890. The number of rotatable bonds is 9. The molecule has 2 rings (SSSR count). The van der Waals surface area contributed by atoms with Gasteiger partial charge in [0.15, 0.2) is 5.96 Å². The van der Waals surface area contributed by atoms with Crippen LogP contribution in [0, 0.1) is 5.82 Å². The number of piperidine rings is 1. The molecule has 0 aliphatic carbocycles. The molecule has 1 aromatic carbocycles. The van der Waals surface area contributed by atoms with Crippen LogP contribution in [0.4, 0.5) is 4.39 Å². The predicted octanol–water partition coefficient (Wildman–Crippen LogP) is 3.81. The van der Waals surface area contributed by atoms with E-state index in [0.717, 1.165) is 31.0 Å². The van der Waals surface area contributed by atoms with E-state index in [-0.39, 0.29) is 29.8 Å². The molecular weight excluding hydrogens is 442 g/mol. The second-order valence-electron chi connectivity index (χ2n) is 6.77. The van der Waals surface area contributed by atoms with Gasteiger partial charge < -0.3 is 15.5 Å². The number of guanidine groups is 1. The van der Waals surface area contributed by atoms with Crippen LogP contribution in [0.3, 0.4) is 0 Å². The summed E-state index contributed by atoms with van der Waals surface area (Å²) in [6.45, 7) is 5.59. The maximum Gasteiger partial charge on any atom is 0.190 e. The molecule has 1 fully saturated rings. The summed E-state index contributed by atoms with van der Waals surface area (Å²) < 4.78 is 12.9. The van der Waals surface area contributed by atoms with Crippen LogP contribution in [0.25, 0.3) is 0 Å². The van der Waals surface area contributed by atoms with Crippen molar-refractivity contribution >= 4 is 29.9 Å². The molecule has 148 valence electrons. The van der Waals surface area contributed by atoms with Gasteiger partial charge in [0.25, 0.3) is 0 Å². The van der Waals surface area contributed by atoms with E-state index in [1.54, 1.807) is 7.05 Å². The SMILES string of the molecule is CN=C(NCCCCCN1CCCCC1)NCCc1ccc(F)cc1.I. The molecule has 1 heterocycles. The van der Waals surface area contributed by atoms with Crippen LogP contribution in [-0.4, -0.2) is 50.6 Å². The van der Waals surface area contributed by atoms with Gasteiger partial charge >= 0.3 is 0 Å². The topological polar surface area (TPSA) is 39.7 Å². The van der Waals surface area contributed by atoms with Gasteiger partial charge in [0.05, 0.1) is 0 Å². The number of halogens is 2. The van der Waals surface area contributed by atoms with Gasteiger partial charge in [-0.05, 0) is 69.4 Å². The molecule has 1 aliphatic heterocycles. The second kappa shape index (κ2) is 14.2. The third kappa shape index (κ3) is 9.71. The molecule has 0 aromatic heterocycles. The Balaban J connectivity index is 0.00000338. The fraction of sp³-hybridized carbons (Fsp3) is 0.650. The highest BCUT2D eigenvalue weighted by Gasteiger charge is 2.08. The fourth-order valence-corrected chi connectivity index (χ4v) is 3.22. The van der Waals surface area contributed by atoms with Crippen LogP contribution in [0.5, 0.6) is 0 Å². The molecule has 1 aliphatic rings. The standard InChI is InChI=1S/C20H33FN4.HI/c1-22-20(24-14-12-18-8-10-19(21)11-9-18)23-13-4-2-5-15-25-16-6-3-7-17-25;/h8-11H,2-7,12-17H2,1H3,(H2,22,23,24);1H. The van der Waals surface area contributed by atoms with Crippen molar-refractivity contribution in [2.75, 3.05) is 39.8 Å². The maximum absolute atomic E-state index is 12.9. The van der Waals surface area contributed by atoms with Crippen molar-refractivity contribution in [1.82, 2.24) is 15.5 Å². The zero-order chi connectivity index (χ0) is 17.7. The molecule has 6 heteroatoms. The van der Waals surface area contributed by atoms with E-state index in [9.17, 15) is 4.39 Å². The van der Waals surface area contributed by atoms with Crippen LogP contribution in [0.1, 0.15) is 44.1 Å². The van der Waals surface area contributed by atoms with E-state index in [4.69, 9.17) is 0 Å². The first kappa shape index (κ1) is 23.1. The van der Waals surface area contributed by atoms with E-state index in [1.165, 1.54) is 70.3 Å². The highest BCUT2D eigenvalue weighted by molar-refractivity contribution is 14.0. The first-order valence-electron chi connectivity index (χ1n) is 9.69. The average Bonchev–Trinajstić information content (AvgIpc) is 2.65. The van der Waals surface area contributed by atoms with E-state index in [2.05, 4.69) is 20.5 Å². The monoisotopic (exact) mass is 476 g/mol. The summed E-state index contributed by atoms with van der Waals surface area (Å²) in [7, 11) is 1.80. The van der Waals surface area contributed by atoms with E-state index < -0.39 is 0 Å². The molecular formula is C20H34FIN4. The third-order valence-electron chi connectivity index (χ3n) is 4.74. The van der Waals surface area contributed by atoms with Crippen molar-refractivity contribution < 1.29 is 4.39 Å². The number of hydrogen-bond acceptors (Lipinski definition) is 2. The summed E-state index contributed by atoms with van der Waals surface area (Å²) in [5, 5.41) is 6.68. The molecule has 0 saturated carbocycles. The van der Waals surface area contributed by atoms with Gasteiger partial charge in [0, 0.05) is 20.1 Å². The smallest absolute Gasteiger partial charge is 0.190 e. The summed E-state index contributed by atoms with van der Waals surface area (Å²) in [5.74, 6) is 0.660. The molecule has 0 amide bonds. The second-order valence-corrected chi connectivity index (χ2v) is 6.77. The third-order valence-corrected chi connectivity index (χ3v) is 4.74. The zero-order valence-electron chi connectivity index (χ0n) is 16.0. The normalized spacial score (nSPS) is 15.4. The molecule has 0 spiro atoms. The van der Waals surface area contributed by atoms with Crippen LogP contribution in [-0.2, 0) is 6.42 Å². The van der Waals surface area contributed by atoms with Crippen LogP contribution in [0.2, 0.25) is 0 Å². The van der Waals surface area contributed by atoms with Crippen molar-refractivity contribution in [3.05, 3.63) is 35.6 Å². The van der Waals surface area contributed by atoms with Gasteiger partial charge in [-0.2, -0.15) is 0 Å². The number of unbranched alkanes of at least 4 members (excludes halogenated alkanes) is 2. The Morgan fingerprint density at radius 3 is 2.38 bits per heavy atom. The summed E-state index contributed by atoms with van der Waals surface area (Å²) in [6.07, 6.45) is 8.74. The molecule has 4 nitrogen and oxygen atoms in total. The minimum Gasteiger partial charge on any atom is -0.356 e. The minimum atomic E-state index is -0.186. The first-order valence-corrected chi connectivity index (χ1v) is 9.69. The summed E-state index contributed by atoms with van der Waals surface area (Å²) in [4.78, 5) is 6.85.